The lowest BCUT2D eigenvalue weighted by Gasteiger charge is -2.39. The zero-order chi connectivity index (χ0) is 17.2. The molecule has 3 heterocycles. The van der Waals surface area contributed by atoms with Gasteiger partial charge < -0.3 is 14.5 Å². The normalized spacial score (nSPS) is 23.6. The molecule has 1 amide bonds. The zero-order valence-electron chi connectivity index (χ0n) is 14.4. The molecule has 24 heavy (non-hydrogen) atoms. The molecule has 2 saturated heterocycles. The molecule has 0 aromatic carbocycles. The number of aromatic nitrogens is 1. The van der Waals surface area contributed by atoms with Gasteiger partial charge in [-0.15, -0.1) is 0 Å². The Hall–Kier alpha value is -2.29. The number of likely N-dealkylation sites (tertiary alicyclic amines) is 1. The molecular weight excluding hydrogens is 304 g/mol. The summed E-state index contributed by atoms with van der Waals surface area (Å²) in [5.74, 6) is 0.635. The van der Waals surface area contributed by atoms with Gasteiger partial charge in [0.2, 0.25) is 11.8 Å². The summed E-state index contributed by atoms with van der Waals surface area (Å²) in [6.45, 7) is 5.29. The molecule has 1 atom stereocenters. The summed E-state index contributed by atoms with van der Waals surface area (Å²) >= 11 is 0. The predicted octanol–water partition coefficient (Wildman–Crippen LogP) is 2.19. The minimum atomic E-state index is -0.295. The Morgan fingerprint density at radius 1 is 1.42 bits per heavy atom. The summed E-state index contributed by atoms with van der Waals surface area (Å²) in [7, 11) is 1.52. The number of nitrogens with zero attached hydrogens (tertiary/aromatic N) is 4. The smallest absolute Gasteiger partial charge is 0.233 e. The standard InChI is InChI=1S/C18H24N4O2/c1-3-9-21-10-4-6-18(17(21)23)7-11-22(13-18)15-5-8-20-16(24-2)14(15)12-19/h5,8H,3-4,6-7,9-11,13H2,1-2H3/t18-/m0/s1. The van der Waals surface area contributed by atoms with Crippen molar-refractivity contribution in [2.24, 2.45) is 5.41 Å². The van der Waals surface area contributed by atoms with Crippen molar-refractivity contribution >= 4 is 11.6 Å². The highest BCUT2D eigenvalue weighted by Gasteiger charge is 2.48. The SMILES string of the molecule is CCCN1CCC[C@@]2(CCN(c3ccnc(OC)c3C#N)C2)C1=O. The van der Waals surface area contributed by atoms with Gasteiger partial charge >= 0.3 is 0 Å². The second-order valence-corrected chi connectivity index (χ2v) is 6.67. The quantitative estimate of drug-likeness (QED) is 0.847. The Morgan fingerprint density at radius 2 is 2.25 bits per heavy atom. The fourth-order valence-corrected chi connectivity index (χ4v) is 4.05. The molecule has 0 saturated carbocycles. The summed E-state index contributed by atoms with van der Waals surface area (Å²) in [6, 6.07) is 4.04. The maximum absolute atomic E-state index is 13.0. The van der Waals surface area contributed by atoms with Crippen LogP contribution in [0.4, 0.5) is 5.69 Å². The molecule has 2 aliphatic heterocycles. The van der Waals surface area contributed by atoms with Crippen LogP contribution in [0.3, 0.4) is 0 Å². The van der Waals surface area contributed by atoms with E-state index in [9.17, 15) is 10.1 Å². The number of methoxy groups -OCH3 is 1. The minimum absolute atomic E-state index is 0.289. The first kappa shape index (κ1) is 16.6. The first-order valence-corrected chi connectivity index (χ1v) is 8.62. The van der Waals surface area contributed by atoms with E-state index >= 15 is 0 Å². The number of pyridine rings is 1. The van der Waals surface area contributed by atoms with Gasteiger partial charge in [-0.3, -0.25) is 4.79 Å². The molecule has 2 fully saturated rings. The third-order valence-electron chi connectivity index (χ3n) is 5.21. The van der Waals surface area contributed by atoms with E-state index < -0.39 is 0 Å². The number of rotatable bonds is 4. The van der Waals surface area contributed by atoms with Crippen LogP contribution in [0.5, 0.6) is 5.88 Å². The van der Waals surface area contributed by atoms with Gasteiger partial charge in [0, 0.05) is 32.4 Å². The number of anilines is 1. The zero-order valence-corrected chi connectivity index (χ0v) is 14.4. The van der Waals surface area contributed by atoms with Gasteiger partial charge in [0.25, 0.3) is 0 Å². The van der Waals surface area contributed by atoms with Crippen molar-refractivity contribution < 1.29 is 9.53 Å². The number of ether oxygens (including phenoxy) is 1. The topological polar surface area (TPSA) is 69.5 Å². The Balaban J connectivity index is 1.86. The number of piperidine rings is 1. The fraction of sp³-hybridized carbons (Fsp3) is 0.611. The van der Waals surface area contributed by atoms with Gasteiger partial charge in [0.05, 0.1) is 18.2 Å². The molecular formula is C18H24N4O2. The predicted molar refractivity (Wildman–Crippen MR) is 90.9 cm³/mol. The number of carbonyl (C=O) groups excluding carboxylic acids is 1. The second-order valence-electron chi connectivity index (χ2n) is 6.67. The highest BCUT2D eigenvalue weighted by molar-refractivity contribution is 5.85. The van der Waals surface area contributed by atoms with Crippen molar-refractivity contribution in [2.45, 2.75) is 32.6 Å². The largest absolute Gasteiger partial charge is 0.480 e. The van der Waals surface area contributed by atoms with Crippen LogP contribution in [0.25, 0.3) is 0 Å². The number of hydrogen-bond donors (Lipinski definition) is 0. The van der Waals surface area contributed by atoms with Gasteiger partial charge in [-0.25, -0.2) is 4.98 Å². The van der Waals surface area contributed by atoms with E-state index in [1.165, 1.54) is 7.11 Å². The van der Waals surface area contributed by atoms with Crippen LogP contribution < -0.4 is 9.64 Å². The van der Waals surface area contributed by atoms with Crippen molar-refractivity contribution in [1.82, 2.24) is 9.88 Å². The Kier molecular flexibility index (Phi) is 4.61. The minimum Gasteiger partial charge on any atom is -0.480 e. The Bertz CT molecular complexity index is 667. The van der Waals surface area contributed by atoms with Crippen LogP contribution in [0.1, 0.15) is 38.2 Å². The summed E-state index contributed by atoms with van der Waals surface area (Å²) in [6.07, 6.45) is 5.50. The highest BCUT2D eigenvalue weighted by atomic mass is 16.5. The average Bonchev–Trinajstić information content (AvgIpc) is 3.03. The molecule has 0 N–H and O–H groups in total. The number of hydrogen-bond acceptors (Lipinski definition) is 5. The Morgan fingerprint density at radius 3 is 2.96 bits per heavy atom. The van der Waals surface area contributed by atoms with Crippen LogP contribution in [0, 0.1) is 16.7 Å². The van der Waals surface area contributed by atoms with Crippen molar-refractivity contribution in [3.8, 4) is 11.9 Å². The van der Waals surface area contributed by atoms with Crippen molar-refractivity contribution in [3.63, 3.8) is 0 Å². The molecule has 1 aromatic rings. The number of carbonyl (C=O) groups is 1. The molecule has 0 aliphatic carbocycles. The summed E-state index contributed by atoms with van der Waals surface area (Å²) in [5, 5.41) is 9.48. The molecule has 6 heteroatoms. The van der Waals surface area contributed by atoms with Crippen LogP contribution in [-0.4, -0.2) is 49.1 Å². The Labute approximate surface area is 143 Å². The van der Waals surface area contributed by atoms with E-state index in [2.05, 4.69) is 22.9 Å². The van der Waals surface area contributed by atoms with Crippen LogP contribution in [0.2, 0.25) is 0 Å². The molecule has 0 bridgehead atoms. The van der Waals surface area contributed by atoms with Crippen LogP contribution >= 0.6 is 0 Å². The van der Waals surface area contributed by atoms with Crippen LogP contribution in [-0.2, 0) is 4.79 Å². The maximum atomic E-state index is 13.0. The lowest BCUT2D eigenvalue weighted by atomic mass is 9.78. The van der Waals surface area contributed by atoms with E-state index in [0.29, 0.717) is 18.0 Å². The van der Waals surface area contributed by atoms with Gasteiger partial charge in [0.1, 0.15) is 11.6 Å². The molecule has 6 nitrogen and oxygen atoms in total. The van der Waals surface area contributed by atoms with E-state index in [4.69, 9.17) is 4.74 Å². The molecule has 3 rings (SSSR count). The summed E-state index contributed by atoms with van der Waals surface area (Å²) in [4.78, 5) is 21.3. The summed E-state index contributed by atoms with van der Waals surface area (Å²) in [5.41, 5.74) is 0.976. The molecule has 128 valence electrons. The third-order valence-corrected chi connectivity index (χ3v) is 5.21. The molecule has 1 spiro atoms. The molecule has 2 aliphatic rings. The second kappa shape index (κ2) is 6.68. The first-order valence-electron chi connectivity index (χ1n) is 8.62. The fourth-order valence-electron chi connectivity index (χ4n) is 4.05. The third kappa shape index (κ3) is 2.68. The van der Waals surface area contributed by atoms with E-state index in [1.807, 2.05) is 11.0 Å². The molecule has 0 unspecified atom stereocenters. The van der Waals surface area contributed by atoms with E-state index in [1.54, 1.807) is 6.20 Å². The van der Waals surface area contributed by atoms with Gasteiger partial charge in [-0.1, -0.05) is 6.92 Å². The van der Waals surface area contributed by atoms with E-state index in [-0.39, 0.29) is 11.3 Å². The maximum Gasteiger partial charge on any atom is 0.233 e. The van der Waals surface area contributed by atoms with E-state index in [0.717, 1.165) is 51.0 Å². The first-order chi connectivity index (χ1) is 11.6. The number of nitriles is 1. The van der Waals surface area contributed by atoms with Crippen molar-refractivity contribution in [3.05, 3.63) is 17.8 Å². The lowest BCUT2D eigenvalue weighted by Crippen LogP contribution is -2.50. The number of amides is 1. The molecule has 1 aromatic heterocycles. The lowest BCUT2D eigenvalue weighted by molar-refractivity contribution is -0.145. The average molecular weight is 328 g/mol. The van der Waals surface area contributed by atoms with Crippen molar-refractivity contribution in [2.75, 3.05) is 38.2 Å². The molecule has 0 radical (unpaired) electrons. The van der Waals surface area contributed by atoms with Gasteiger partial charge in [-0.05, 0) is 31.7 Å². The summed E-state index contributed by atoms with van der Waals surface area (Å²) < 4.78 is 5.21. The monoisotopic (exact) mass is 328 g/mol. The van der Waals surface area contributed by atoms with Gasteiger partial charge in [-0.2, -0.15) is 5.26 Å². The van der Waals surface area contributed by atoms with Crippen molar-refractivity contribution in [1.29, 1.82) is 5.26 Å². The highest BCUT2D eigenvalue weighted by Crippen LogP contribution is 2.42. The van der Waals surface area contributed by atoms with Gasteiger partial charge in [0.15, 0.2) is 0 Å². The van der Waals surface area contributed by atoms with Crippen LogP contribution in [0.15, 0.2) is 12.3 Å².